The van der Waals surface area contributed by atoms with Gasteiger partial charge in [-0.3, -0.25) is 4.90 Å². The van der Waals surface area contributed by atoms with E-state index < -0.39 is 0 Å². The maximum atomic E-state index is 8.96. The van der Waals surface area contributed by atoms with Crippen LogP contribution in [-0.2, 0) is 6.54 Å². The van der Waals surface area contributed by atoms with Gasteiger partial charge in [-0.05, 0) is 17.7 Å². The molecule has 4 heteroatoms. The molecule has 2 heterocycles. The van der Waals surface area contributed by atoms with Crippen LogP contribution in [0.25, 0.3) is 0 Å². The molecule has 0 aliphatic carbocycles. The average molecular weight is 278 g/mol. The number of nitriles is 1. The Morgan fingerprint density at radius 3 is 2.52 bits per heavy atom. The normalized spacial score (nSPS) is 15.7. The van der Waals surface area contributed by atoms with E-state index in [4.69, 9.17) is 5.26 Å². The van der Waals surface area contributed by atoms with Gasteiger partial charge in [0.2, 0.25) is 0 Å². The summed E-state index contributed by atoms with van der Waals surface area (Å²) in [4.78, 5) is 9.09. The summed E-state index contributed by atoms with van der Waals surface area (Å²) >= 11 is 0. The van der Waals surface area contributed by atoms with Crippen LogP contribution in [0.1, 0.15) is 11.1 Å². The number of aromatic nitrogens is 1. The number of hydrogen-bond acceptors (Lipinski definition) is 4. The topological polar surface area (TPSA) is 43.2 Å². The van der Waals surface area contributed by atoms with Crippen molar-refractivity contribution >= 4 is 5.82 Å². The van der Waals surface area contributed by atoms with Gasteiger partial charge >= 0.3 is 0 Å². The van der Waals surface area contributed by atoms with Gasteiger partial charge in [-0.15, -0.1) is 0 Å². The molecule has 106 valence electrons. The number of rotatable bonds is 3. The number of piperazine rings is 1. The molecule has 4 nitrogen and oxygen atoms in total. The zero-order chi connectivity index (χ0) is 14.5. The molecule has 1 saturated heterocycles. The molecular formula is C17H18N4. The molecule has 0 saturated carbocycles. The van der Waals surface area contributed by atoms with Crippen molar-refractivity contribution in [3.05, 3.63) is 59.8 Å². The maximum absolute atomic E-state index is 8.96. The van der Waals surface area contributed by atoms with Gasteiger partial charge in [0.05, 0.1) is 11.6 Å². The Bertz CT molecular complexity index is 625. The summed E-state index contributed by atoms with van der Waals surface area (Å²) in [5, 5.41) is 8.96. The van der Waals surface area contributed by atoms with Crippen LogP contribution in [0.3, 0.4) is 0 Å². The Morgan fingerprint density at radius 1 is 1.05 bits per heavy atom. The van der Waals surface area contributed by atoms with E-state index in [0.717, 1.165) is 38.5 Å². The van der Waals surface area contributed by atoms with Crippen molar-refractivity contribution in [3.63, 3.8) is 0 Å². The van der Waals surface area contributed by atoms with Crippen molar-refractivity contribution in [1.29, 1.82) is 5.26 Å². The maximum Gasteiger partial charge on any atom is 0.129 e. The fraction of sp³-hybridized carbons (Fsp3) is 0.294. The molecule has 0 bridgehead atoms. The molecule has 21 heavy (non-hydrogen) atoms. The van der Waals surface area contributed by atoms with E-state index in [1.807, 2.05) is 6.07 Å². The van der Waals surface area contributed by atoms with Gasteiger partial charge in [-0.25, -0.2) is 4.98 Å². The Balaban J connectivity index is 1.59. The predicted octanol–water partition coefficient (Wildman–Crippen LogP) is 2.28. The zero-order valence-corrected chi connectivity index (χ0v) is 11.9. The molecule has 1 fully saturated rings. The van der Waals surface area contributed by atoms with Crippen LogP contribution in [-0.4, -0.2) is 36.1 Å². The first-order valence-corrected chi connectivity index (χ1v) is 7.22. The van der Waals surface area contributed by atoms with Crippen LogP contribution in [0.2, 0.25) is 0 Å². The molecule has 0 amide bonds. The van der Waals surface area contributed by atoms with Crippen LogP contribution in [0, 0.1) is 11.3 Å². The number of anilines is 1. The van der Waals surface area contributed by atoms with Crippen LogP contribution in [0.4, 0.5) is 5.82 Å². The SMILES string of the molecule is N#Cc1ccnc(N2CCN(Cc3ccccc3)CC2)c1. The highest BCUT2D eigenvalue weighted by Gasteiger charge is 2.18. The third-order valence-electron chi connectivity index (χ3n) is 3.82. The fourth-order valence-corrected chi connectivity index (χ4v) is 2.64. The van der Waals surface area contributed by atoms with Gasteiger partial charge in [-0.2, -0.15) is 5.26 Å². The number of benzene rings is 1. The lowest BCUT2D eigenvalue weighted by atomic mass is 10.2. The number of hydrogen-bond donors (Lipinski definition) is 0. The largest absolute Gasteiger partial charge is 0.354 e. The predicted molar refractivity (Wildman–Crippen MR) is 82.9 cm³/mol. The van der Waals surface area contributed by atoms with E-state index in [9.17, 15) is 0 Å². The van der Waals surface area contributed by atoms with E-state index >= 15 is 0 Å². The highest BCUT2D eigenvalue weighted by Crippen LogP contribution is 2.16. The van der Waals surface area contributed by atoms with Crippen molar-refractivity contribution < 1.29 is 0 Å². The van der Waals surface area contributed by atoms with Crippen LogP contribution >= 0.6 is 0 Å². The molecule has 0 atom stereocenters. The molecule has 3 rings (SSSR count). The number of pyridine rings is 1. The zero-order valence-electron chi connectivity index (χ0n) is 11.9. The highest BCUT2D eigenvalue weighted by atomic mass is 15.3. The summed E-state index contributed by atoms with van der Waals surface area (Å²) in [7, 11) is 0. The van der Waals surface area contributed by atoms with Crippen molar-refractivity contribution in [1.82, 2.24) is 9.88 Å². The highest BCUT2D eigenvalue weighted by molar-refractivity contribution is 5.45. The van der Waals surface area contributed by atoms with E-state index in [1.54, 1.807) is 12.3 Å². The van der Waals surface area contributed by atoms with Crippen molar-refractivity contribution in [3.8, 4) is 6.07 Å². The van der Waals surface area contributed by atoms with Crippen LogP contribution < -0.4 is 4.90 Å². The summed E-state index contributed by atoms with van der Waals surface area (Å²) in [6.45, 7) is 4.95. The first kappa shape index (κ1) is 13.6. The van der Waals surface area contributed by atoms with E-state index in [0.29, 0.717) is 5.56 Å². The minimum Gasteiger partial charge on any atom is -0.354 e. The molecular weight excluding hydrogens is 260 g/mol. The first-order valence-electron chi connectivity index (χ1n) is 7.22. The Morgan fingerprint density at radius 2 is 1.81 bits per heavy atom. The van der Waals surface area contributed by atoms with E-state index in [2.05, 4.69) is 51.2 Å². The molecule has 1 aromatic heterocycles. The standard InChI is InChI=1S/C17H18N4/c18-13-16-6-7-19-17(12-16)21-10-8-20(9-11-21)14-15-4-2-1-3-5-15/h1-7,12H,8-11,14H2. The Labute approximate surface area is 125 Å². The summed E-state index contributed by atoms with van der Waals surface area (Å²) < 4.78 is 0. The van der Waals surface area contributed by atoms with Crippen LogP contribution in [0.15, 0.2) is 48.7 Å². The third kappa shape index (κ3) is 3.39. The summed E-state index contributed by atoms with van der Waals surface area (Å²) in [6.07, 6.45) is 1.71. The lowest BCUT2D eigenvalue weighted by molar-refractivity contribution is 0.249. The van der Waals surface area contributed by atoms with Gasteiger partial charge < -0.3 is 4.90 Å². The second-order valence-electron chi connectivity index (χ2n) is 5.26. The second kappa shape index (κ2) is 6.38. The smallest absolute Gasteiger partial charge is 0.129 e. The second-order valence-corrected chi connectivity index (χ2v) is 5.26. The Hall–Kier alpha value is -2.38. The Kier molecular flexibility index (Phi) is 4.13. The molecule has 0 N–H and O–H groups in total. The molecule has 0 spiro atoms. The minimum atomic E-state index is 0.673. The lowest BCUT2D eigenvalue weighted by Gasteiger charge is -2.35. The summed E-state index contributed by atoms with van der Waals surface area (Å²) in [5.74, 6) is 0.911. The summed E-state index contributed by atoms with van der Waals surface area (Å²) in [6, 6.07) is 16.3. The van der Waals surface area contributed by atoms with Gasteiger partial charge in [0.15, 0.2) is 0 Å². The molecule has 0 unspecified atom stereocenters. The van der Waals surface area contributed by atoms with E-state index in [-0.39, 0.29) is 0 Å². The average Bonchev–Trinajstić information content (AvgIpc) is 2.56. The molecule has 2 aromatic rings. The van der Waals surface area contributed by atoms with Gasteiger partial charge in [0.25, 0.3) is 0 Å². The monoisotopic (exact) mass is 278 g/mol. The number of nitrogens with zero attached hydrogens (tertiary/aromatic N) is 4. The van der Waals surface area contributed by atoms with Crippen LogP contribution in [0.5, 0.6) is 0 Å². The minimum absolute atomic E-state index is 0.673. The van der Waals surface area contributed by atoms with Crippen molar-refractivity contribution in [2.75, 3.05) is 31.1 Å². The first-order chi connectivity index (χ1) is 10.3. The van der Waals surface area contributed by atoms with Crippen molar-refractivity contribution in [2.45, 2.75) is 6.54 Å². The van der Waals surface area contributed by atoms with Crippen molar-refractivity contribution in [2.24, 2.45) is 0 Å². The lowest BCUT2D eigenvalue weighted by Crippen LogP contribution is -2.46. The van der Waals surface area contributed by atoms with E-state index in [1.165, 1.54) is 5.56 Å². The molecule has 0 radical (unpaired) electrons. The summed E-state index contributed by atoms with van der Waals surface area (Å²) in [5.41, 5.74) is 2.03. The fourth-order valence-electron chi connectivity index (χ4n) is 2.64. The molecule has 1 aliphatic rings. The third-order valence-corrected chi connectivity index (χ3v) is 3.82. The van der Waals surface area contributed by atoms with Gasteiger partial charge in [0.1, 0.15) is 5.82 Å². The quantitative estimate of drug-likeness (QED) is 0.864. The van der Waals surface area contributed by atoms with Gasteiger partial charge in [-0.1, -0.05) is 30.3 Å². The molecule has 1 aliphatic heterocycles. The van der Waals surface area contributed by atoms with Gasteiger partial charge in [0, 0.05) is 38.9 Å². The molecule has 1 aromatic carbocycles.